The van der Waals surface area contributed by atoms with Gasteiger partial charge < -0.3 is 9.88 Å². The summed E-state index contributed by atoms with van der Waals surface area (Å²) in [6.45, 7) is -0.128. The number of fused-ring (bicyclic) bond motifs is 2. The second-order valence-corrected chi connectivity index (χ2v) is 7.94. The molecule has 0 saturated carbocycles. The smallest absolute Gasteiger partial charge is 0.324 e. The van der Waals surface area contributed by atoms with Crippen LogP contribution in [0, 0.1) is 0 Å². The molecule has 156 valence electrons. The van der Waals surface area contributed by atoms with Gasteiger partial charge in [0.05, 0.1) is 17.7 Å². The molecular formula is C20H17N7O3S. The van der Waals surface area contributed by atoms with Crippen LogP contribution in [0.2, 0.25) is 0 Å². The van der Waals surface area contributed by atoms with Gasteiger partial charge >= 0.3 is 5.69 Å². The predicted octanol–water partition coefficient (Wildman–Crippen LogP) is 1.45. The van der Waals surface area contributed by atoms with Crippen molar-refractivity contribution < 1.29 is 4.79 Å². The minimum Gasteiger partial charge on any atom is -0.324 e. The molecule has 0 radical (unpaired) electrons. The number of rotatable bonds is 4. The van der Waals surface area contributed by atoms with Gasteiger partial charge in [-0.2, -0.15) is 0 Å². The van der Waals surface area contributed by atoms with E-state index in [1.165, 1.54) is 40.9 Å². The van der Waals surface area contributed by atoms with E-state index in [4.69, 9.17) is 0 Å². The first-order valence-corrected chi connectivity index (χ1v) is 10.2. The third-order valence-electron chi connectivity index (χ3n) is 5.10. The molecule has 0 spiro atoms. The SMILES string of the molecule is Cn1c(=O)c2c(ncn2CC(=O)Nc2ccccc2-c2cn3ccsc3n2)n(C)c1=O. The third-order valence-corrected chi connectivity index (χ3v) is 5.87. The maximum absolute atomic E-state index is 12.8. The first kappa shape index (κ1) is 19.0. The van der Waals surface area contributed by atoms with Gasteiger partial charge in [0.1, 0.15) is 6.54 Å². The Labute approximate surface area is 178 Å². The molecule has 0 bridgehead atoms. The van der Waals surface area contributed by atoms with E-state index >= 15 is 0 Å². The van der Waals surface area contributed by atoms with Gasteiger partial charge in [-0.05, 0) is 6.07 Å². The van der Waals surface area contributed by atoms with Crippen LogP contribution in [0.5, 0.6) is 0 Å². The fraction of sp³-hybridized carbons (Fsp3) is 0.150. The first-order valence-electron chi connectivity index (χ1n) is 9.36. The lowest BCUT2D eigenvalue weighted by Crippen LogP contribution is -2.37. The summed E-state index contributed by atoms with van der Waals surface area (Å²) in [6.07, 6.45) is 5.22. The first-order chi connectivity index (χ1) is 14.9. The number of thiazole rings is 1. The number of benzene rings is 1. The molecule has 4 heterocycles. The number of amides is 1. The summed E-state index contributed by atoms with van der Waals surface area (Å²) < 4.78 is 5.65. The lowest BCUT2D eigenvalue weighted by Gasteiger charge is -2.10. The van der Waals surface area contributed by atoms with Crippen molar-refractivity contribution in [2.24, 2.45) is 14.1 Å². The van der Waals surface area contributed by atoms with Crippen molar-refractivity contribution in [1.29, 1.82) is 0 Å². The molecule has 0 fully saturated rings. The van der Waals surface area contributed by atoms with E-state index in [1.54, 1.807) is 6.07 Å². The largest absolute Gasteiger partial charge is 0.332 e. The quantitative estimate of drug-likeness (QED) is 0.460. The molecule has 5 aromatic rings. The number of carbonyl (C=O) groups is 1. The Balaban J connectivity index is 1.47. The van der Waals surface area contributed by atoms with Crippen LogP contribution in [0.4, 0.5) is 5.69 Å². The van der Waals surface area contributed by atoms with Crippen molar-refractivity contribution in [1.82, 2.24) is 28.1 Å². The van der Waals surface area contributed by atoms with Gasteiger partial charge in [0.25, 0.3) is 5.56 Å². The highest BCUT2D eigenvalue weighted by atomic mass is 32.1. The average Bonchev–Trinajstić information content (AvgIpc) is 3.46. The predicted molar refractivity (Wildman–Crippen MR) is 117 cm³/mol. The minimum absolute atomic E-state index is 0.128. The molecule has 0 aliphatic carbocycles. The van der Waals surface area contributed by atoms with E-state index in [0.29, 0.717) is 5.69 Å². The molecule has 11 heteroatoms. The minimum atomic E-state index is -0.498. The van der Waals surface area contributed by atoms with Crippen molar-refractivity contribution in [3.05, 3.63) is 69.2 Å². The lowest BCUT2D eigenvalue weighted by molar-refractivity contribution is -0.116. The zero-order valence-electron chi connectivity index (χ0n) is 16.6. The van der Waals surface area contributed by atoms with Crippen LogP contribution in [0.3, 0.4) is 0 Å². The third kappa shape index (κ3) is 3.06. The van der Waals surface area contributed by atoms with Crippen molar-refractivity contribution in [2.75, 3.05) is 5.32 Å². The van der Waals surface area contributed by atoms with Crippen LogP contribution in [-0.2, 0) is 25.4 Å². The van der Waals surface area contributed by atoms with E-state index < -0.39 is 11.2 Å². The zero-order chi connectivity index (χ0) is 21.7. The summed E-state index contributed by atoms with van der Waals surface area (Å²) in [5.41, 5.74) is 1.62. The van der Waals surface area contributed by atoms with Crippen LogP contribution in [0.1, 0.15) is 0 Å². The normalized spacial score (nSPS) is 11.4. The summed E-state index contributed by atoms with van der Waals surface area (Å²) in [6, 6.07) is 7.40. The van der Waals surface area contributed by atoms with Gasteiger partial charge in [-0.1, -0.05) is 18.2 Å². The molecule has 4 aromatic heterocycles. The number of nitrogens with zero attached hydrogens (tertiary/aromatic N) is 6. The number of imidazole rings is 2. The number of nitrogens with one attached hydrogen (secondary N) is 1. The van der Waals surface area contributed by atoms with Gasteiger partial charge in [-0.15, -0.1) is 11.3 Å². The number of hydrogen-bond acceptors (Lipinski definition) is 6. The van der Waals surface area contributed by atoms with E-state index in [1.807, 2.05) is 40.4 Å². The highest BCUT2D eigenvalue weighted by Crippen LogP contribution is 2.28. The summed E-state index contributed by atoms with van der Waals surface area (Å²) in [5.74, 6) is -0.330. The van der Waals surface area contributed by atoms with Crippen LogP contribution in [-0.4, -0.2) is 34.0 Å². The summed E-state index contributed by atoms with van der Waals surface area (Å²) in [7, 11) is 2.93. The number of para-hydroxylation sites is 1. The van der Waals surface area contributed by atoms with E-state index in [0.717, 1.165) is 20.8 Å². The standard InChI is InChI=1S/C20H17N7O3S/c1-24-17-16(18(29)25(2)20(24)30)27(11-21-17)10-15(28)22-13-6-4-3-5-12(13)14-9-26-7-8-31-19(26)23-14/h3-9,11H,10H2,1-2H3,(H,22,28). The van der Waals surface area contributed by atoms with Gasteiger partial charge in [-0.25, -0.2) is 14.8 Å². The molecule has 10 nitrogen and oxygen atoms in total. The Hall–Kier alpha value is -3.99. The zero-order valence-corrected chi connectivity index (χ0v) is 17.5. The topological polar surface area (TPSA) is 108 Å². The molecule has 1 N–H and O–H groups in total. The Morgan fingerprint density at radius 3 is 2.77 bits per heavy atom. The maximum atomic E-state index is 12.8. The van der Waals surface area contributed by atoms with Crippen LogP contribution in [0.25, 0.3) is 27.4 Å². The van der Waals surface area contributed by atoms with Gasteiger partial charge in [0.15, 0.2) is 16.1 Å². The second-order valence-electron chi connectivity index (χ2n) is 7.06. The molecule has 0 unspecified atom stereocenters. The molecule has 31 heavy (non-hydrogen) atoms. The lowest BCUT2D eigenvalue weighted by atomic mass is 10.1. The van der Waals surface area contributed by atoms with Crippen LogP contribution >= 0.6 is 11.3 Å². The molecular weight excluding hydrogens is 418 g/mol. The van der Waals surface area contributed by atoms with E-state index in [2.05, 4.69) is 15.3 Å². The number of carbonyl (C=O) groups excluding carboxylic acids is 1. The Morgan fingerprint density at radius 1 is 1.16 bits per heavy atom. The average molecular weight is 435 g/mol. The summed E-state index contributed by atoms with van der Waals surface area (Å²) in [4.78, 5) is 47.1. The molecule has 0 aliphatic heterocycles. The second kappa shape index (κ2) is 7.06. The van der Waals surface area contributed by atoms with Crippen molar-refractivity contribution in [3.8, 4) is 11.3 Å². The monoisotopic (exact) mass is 435 g/mol. The number of hydrogen-bond donors (Lipinski definition) is 1. The van der Waals surface area contributed by atoms with Gasteiger partial charge in [0.2, 0.25) is 5.91 Å². The fourth-order valence-corrected chi connectivity index (χ4v) is 4.23. The highest BCUT2D eigenvalue weighted by Gasteiger charge is 2.17. The molecule has 0 aliphatic rings. The fourth-order valence-electron chi connectivity index (χ4n) is 3.53. The Morgan fingerprint density at radius 2 is 1.97 bits per heavy atom. The number of aryl methyl sites for hydroxylation is 1. The summed E-state index contributed by atoms with van der Waals surface area (Å²) in [5, 5.41) is 4.85. The number of anilines is 1. The van der Waals surface area contributed by atoms with Crippen molar-refractivity contribution in [2.45, 2.75) is 6.54 Å². The highest BCUT2D eigenvalue weighted by molar-refractivity contribution is 7.15. The van der Waals surface area contributed by atoms with Gasteiger partial charge in [-0.3, -0.25) is 23.1 Å². The van der Waals surface area contributed by atoms with E-state index in [9.17, 15) is 14.4 Å². The molecule has 5 rings (SSSR count). The van der Waals surface area contributed by atoms with Crippen molar-refractivity contribution in [3.63, 3.8) is 0 Å². The van der Waals surface area contributed by atoms with E-state index in [-0.39, 0.29) is 23.6 Å². The van der Waals surface area contributed by atoms with Crippen molar-refractivity contribution >= 4 is 39.1 Å². The Bertz CT molecular complexity index is 1560. The van der Waals surface area contributed by atoms with Gasteiger partial charge in [0, 0.05) is 37.4 Å². The van der Waals surface area contributed by atoms with Crippen LogP contribution in [0.15, 0.2) is 58.0 Å². The Kier molecular flexibility index (Phi) is 4.33. The van der Waals surface area contributed by atoms with Crippen LogP contribution < -0.4 is 16.6 Å². The molecule has 0 atom stereocenters. The molecule has 1 amide bonds. The summed E-state index contributed by atoms with van der Waals surface area (Å²) >= 11 is 1.53. The maximum Gasteiger partial charge on any atom is 0.332 e. The molecule has 1 aromatic carbocycles. The molecule has 0 saturated heterocycles. The number of aromatic nitrogens is 6.